The maximum absolute atomic E-state index is 11.2. The van der Waals surface area contributed by atoms with Gasteiger partial charge in [0.05, 0.1) is 12.6 Å². The standard InChI is InChI=1S/C10H17N3O3/c1-7-11-9(5-10(15)12-7)13-8(3-4-14)6-16-2/h5,8,14H,3-4,6H2,1-2H3,(H2,11,12,13,15). The number of hydrogen-bond acceptors (Lipinski definition) is 5. The highest BCUT2D eigenvalue weighted by atomic mass is 16.5. The second-order valence-electron chi connectivity index (χ2n) is 3.52. The zero-order chi connectivity index (χ0) is 12.0. The summed E-state index contributed by atoms with van der Waals surface area (Å²) >= 11 is 0. The van der Waals surface area contributed by atoms with E-state index in [1.54, 1.807) is 14.0 Å². The first-order valence-corrected chi connectivity index (χ1v) is 5.10. The summed E-state index contributed by atoms with van der Waals surface area (Å²) in [5, 5.41) is 11.9. The average molecular weight is 227 g/mol. The first-order chi connectivity index (χ1) is 7.65. The molecule has 3 N–H and O–H groups in total. The van der Waals surface area contributed by atoms with Crippen molar-refractivity contribution in [3.05, 3.63) is 22.2 Å². The maximum atomic E-state index is 11.2. The lowest BCUT2D eigenvalue weighted by molar-refractivity contribution is 0.170. The highest BCUT2D eigenvalue weighted by molar-refractivity contribution is 5.34. The van der Waals surface area contributed by atoms with Crippen LogP contribution in [0.2, 0.25) is 0 Å². The van der Waals surface area contributed by atoms with E-state index in [2.05, 4.69) is 15.3 Å². The van der Waals surface area contributed by atoms with Gasteiger partial charge in [-0.1, -0.05) is 0 Å². The average Bonchev–Trinajstić information content (AvgIpc) is 2.16. The van der Waals surface area contributed by atoms with Crippen LogP contribution in [0.1, 0.15) is 12.2 Å². The number of aliphatic hydroxyl groups excluding tert-OH is 1. The molecule has 6 heteroatoms. The van der Waals surface area contributed by atoms with Crippen LogP contribution in [0.5, 0.6) is 0 Å². The number of H-pyrrole nitrogens is 1. The Morgan fingerprint density at radius 2 is 2.44 bits per heavy atom. The van der Waals surface area contributed by atoms with Gasteiger partial charge in [0.1, 0.15) is 11.6 Å². The number of anilines is 1. The van der Waals surface area contributed by atoms with Crippen LogP contribution in [0.3, 0.4) is 0 Å². The zero-order valence-electron chi connectivity index (χ0n) is 9.49. The monoisotopic (exact) mass is 227 g/mol. The van der Waals surface area contributed by atoms with Gasteiger partial charge in [-0.3, -0.25) is 4.79 Å². The van der Waals surface area contributed by atoms with Crippen LogP contribution < -0.4 is 10.9 Å². The molecule has 0 bridgehead atoms. The Balaban J connectivity index is 2.72. The highest BCUT2D eigenvalue weighted by Crippen LogP contribution is 2.04. The molecule has 0 aliphatic carbocycles. The fourth-order valence-electron chi connectivity index (χ4n) is 1.42. The smallest absolute Gasteiger partial charge is 0.252 e. The van der Waals surface area contributed by atoms with Crippen molar-refractivity contribution in [3.8, 4) is 0 Å². The number of hydrogen-bond donors (Lipinski definition) is 3. The van der Waals surface area contributed by atoms with E-state index in [0.717, 1.165) is 0 Å². The molecule has 6 nitrogen and oxygen atoms in total. The van der Waals surface area contributed by atoms with Crippen molar-refractivity contribution in [2.75, 3.05) is 25.6 Å². The minimum Gasteiger partial charge on any atom is -0.396 e. The van der Waals surface area contributed by atoms with Crippen LogP contribution in [0.25, 0.3) is 0 Å². The number of nitrogens with zero attached hydrogens (tertiary/aromatic N) is 1. The molecule has 90 valence electrons. The van der Waals surface area contributed by atoms with Crippen molar-refractivity contribution in [1.82, 2.24) is 9.97 Å². The van der Waals surface area contributed by atoms with E-state index in [1.807, 2.05) is 0 Å². The summed E-state index contributed by atoms with van der Waals surface area (Å²) in [6, 6.07) is 1.33. The van der Waals surface area contributed by atoms with Crippen LogP contribution in [-0.2, 0) is 4.74 Å². The largest absolute Gasteiger partial charge is 0.396 e. The first kappa shape index (κ1) is 12.7. The molecule has 1 unspecified atom stereocenters. The minimum atomic E-state index is -0.199. The Morgan fingerprint density at radius 3 is 3.00 bits per heavy atom. The molecule has 0 radical (unpaired) electrons. The topological polar surface area (TPSA) is 87.2 Å². The number of aromatic nitrogens is 2. The number of nitrogens with one attached hydrogen (secondary N) is 2. The molecule has 1 aromatic heterocycles. The van der Waals surface area contributed by atoms with Crippen LogP contribution in [-0.4, -0.2) is 41.4 Å². The van der Waals surface area contributed by atoms with Gasteiger partial charge in [0, 0.05) is 19.8 Å². The quantitative estimate of drug-likeness (QED) is 0.631. The summed E-state index contributed by atoms with van der Waals surface area (Å²) < 4.78 is 5.00. The number of aromatic amines is 1. The van der Waals surface area contributed by atoms with Gasteiger partial charge in [-0.15, -0.1) is 0 Å². The molecule has 1 atom stereocenters. The van der Waals surface area contributed by atoms with Crippen molar-refractivity contribution < 1.29 is 9.84 Å². The van der Waals surface area contributed by atoms with E-state index in [0.29, 0.717) is 24.7 Å². The van der Waals surface area contributed by atoms with Gasteiger partial charge >= 0.3 is 0 Å². The molecule has 16 heavy (non-hydrogen) atoms. The number of aliphatic hydroxyl groups is 1. The SMILES string of the molecule is COCC(CCO)Nc1cc(=O)[nH]c(C)n1. The van der Waals surface area contributed by atoms with Gasteiger partial charge in [-0.2, -0.15) is 0 Å². The third kappa shape index (κ3) is 4.00. The molecular formula is C10H17N3O3. The lowest BCUT2D eigenvalue weighted by Crippen LogP contribution is -2.27. The molecule has 1 aromatic rings. The lowest BCUT2D eigenvalue weighted by atomic mass is 10.2. The van der Waals surface area contributed by atoms with E-state index < -0.39 is 0 Å². The maximum Gasteiger partial charge on any atom is 0.252 e. The molecule has 0 aromatic carbocycles. The van der Waals surface area contributed by atoms with Crippen molar-refractivity contribution in [2.24, 2.45) is 0 Å². The van der Waals surface area contributed by atoms with Crippen molar-refractivity contribution in [2.45, 2.75) is 19.4 Å². The molecule has 0 saturated carbocycles. The summed E-state index contributed by atoms with van der Waals surface area (Å²) in [5.74, 6) is 1.05. The fourth-order valence-corrected chi connectivity index (χ4v) is 1.42. The number of ether oxygens (including phenoxy) is 1. The van der Waals surface area contributed by atoms with Crippen LogP contribution in [0, 0.1) is 6.92 Å². The van der Waals surface area contributed by atoms with E-state index in [4.69, 9.17) is 9.84 Å². The number of aryl methyl sites for hydroxylation is 1. The molecule has 0 amide bonds. The molecule has 0 fully saturated rings. The summed E-state index contributed by atoms with van der Waals surface area (Å²) in [6.07, 6.45) is 0.543. The molecular weight excluding hydrogens is 210 g/mol. The van der Waals surface area contributed by atoms with E-state index in [1.165, 1.54) is 6.07 Å². The molecule has 0 aliphatic heterocycles. The molecule has 0 aliphatic rings. The van der Waals surface area contributed by atoms with Crippen molar-refractivity contribution >= 4 is 5.82 Å². The third-order valence-electron chi connectivity index (χ3n) is 2.06. The zero-order valence-corrected chi connectivity index (χ0v) is 9.49. The lowest BCUT2D eigenvalue weighted by Gasteiger charge is -2.17. The Bertz CT molecular complexity index is 372. The molecule has 0 spiro atoms. The van der Waals surface area contributed by atoms with E-state index >= 15 is 0 Å². The molecule has 1 heterocycles. The summed E-state index contributed by atoms with van der Waals surface area (Å²) in [4.78, 5) is 17.9. The van der Waals surface area contributed by atoms with Gasteiger partial charge < -0.3 is 20.1 Å². The van der Waals surface area contributed by atoms with Gasteiger partial charge in [0.25, 0.3) is 5.56 Å². The Labute approximate surface area is 93.7 Å². The van der Waals surface area contributed by atoms with Gasteiger partial charge in [0.2, 0.25) is 0 Å². The number of methoxy groups -OCH3 is 1. The summed E-state index contributed by atoms with van der Waals surface area (Å²) in [5.41, 5.74) is -0.199. The second-order valence-corrected chi connectivity index (χ2v) is 3.52. The second kappa shape index (κ2) is 6.24. The predicted molar refractivity (Wildman–Crippen MR) is 60.6 cm³/mol. The van der Waals surface area contributed by atoms with E-state index in [9.17, 15) is 4.79 Å². The van der Waals surface area contributed by atoms with Crippen molar-refractivity contribution in [3.63, 3.8) is 0 Å². The normalized spacial score (nSPS) is 12.4. The predicted octanol–water partition coefficient (Wildman–Crippen LogP) is -0.112. The summed E-state index contributed by atoms with van der Waals surface area (Å²) in [7, 11) is 1.59. The van der Waals surface area contributed by atoms with E-state index in [-0.39, 0.29) is 18.2 Å². The van der Waals surface area contributed by atoms with Crippen LogP contribution in [0.4, 0.5) is 5.82 Å². The highest BCUT2D eigenvalue weighted by Gasteiger charge is 2.08. The molecule has 0 saturated heterocycles. The van der Waals surface area contributed by atoms with Gasteiger partial charge in [0.15, 0.2) is 0 Å². The van der Waals surface area contributed by atoms with Crippen LogP contribution >= 0.6 is 0 Å². The minimum absolute atomic E-state index is 0.0521. The number of rotatable bonds is 6. The Morgan fingerprint density at radius 1 is 1.69 bits per heavy atom. The Hall–Kier alpha value is -1.40. The first-order valence-electron chi connectivity index (χ1n) is 5.10. The third-order valence-corrected chi connectivity index (χ3v) is 2.06. The van der Waals surface area contributed by atoms with Gasteiger partial charge in [-0.05, 0) is 13.3 Å². The van der Waals surface area contributed by atoms with Crippen LogP contribution in [0.15, 0.2) is 10.9 Å². The fraction of sp³-hybridized carbons (Fsp3) is 0.600. The van der Waals surface area contributed by atoms with Crippen molar-refractivity contribution in [1.29, 1.82) is 0 Å². The Kier molecular flexibility index (Phi) is 4.94. The summed E-state index contributed by atoms with van der Waals surface area (Å²) in [6.45, 7) is 2.22. The molecule has 1 rings (SSSR count). The van der Waals surface area contributed by atoms with Gasteiger partial charge in [-0.25, -0.2) is 4.98 Å².